The molecule has 0 radical (unpaired) electrons. The Hall–Kier alpha value is -2.43. The van der Waals surface area contributed by atoms with Gasteiger partial charge in [-0.15, -0.1) is 0 Å². The molecule has 148 valence electrons. The molecule has 0 aliphatic carbocycles. The molecule has 1 fully saturated rings. The number of hydrogen-bond acceptors (Lipinski definition) is 7. The number of esters is 1. The summed E-state index contributed by atoms with van der Waals surface area (Å²) in [5.41, 5.74) is 13.0. The lowest BCUT2D eigenvalue weighted by Crippen LogP contribution is -2.47. The summed E-state index contributed by atoms with van der Waals surface area (Å²) in [6.45, 7) is 3.36. The monoisotopic (exact) mass is 372 g/mol. The highest BCUT2D eigenvalue weighted by Crippen LogP contribution is 2.21. The smallest absolute Gasteiger partial charge is 0.302 e. The molecule has 11 nitrogen and oxygen atoms in total. The van der Waals surface area contributed by atoms with Crippen LogP contribution < -0.4 is 16.9 Å². The predicted octanol–water partition coefficient (Wildman–Crippen LogP) is -0.618. The van der Waals surface area contributed by atoms with Crippen LogP contribution in [-0.4, -0.2) is 60.1 Å². The summed E-state index contributed by atoms with van der Waals surface area (Å²) in [7, 11) is 0. The molecular weight excluding hydrogens is 344 g/mol. The number of carbonyl (C=O) groups is 2. The van der Waals surface area contributed by atoms with E-state index in [2.05, 4.69) is 4.99 Å². The zero-order chi connectivity index (χ0) is 19.5. The van der Waals surface area contributed by atoms with Crippen molar-refractivity contribution in [2.45, 2.75) is 45.1 Å². The van der Waals surface area contributed by atoms with Gasteiger partial charge in [-0.3, -0.25) is 9.59 Å². The zero-order valence-electron chi connectivity index (χ0n) is 15.1. The lowest BCUT2D eigenvalue weighted by atomic mass is 9.93. The Labute approximate surface area is 152 Å². The van der Waals surface area contributed by atoms with Gasteiger partial charge < -0.3 is 21.1 Å². The van der Waals surface area contributed by atoms with E-state index in [-0.39, 0.29) is 24.4 Å². The number of piperidine rings is 1. The van der Waals surface area contributed by atoms with E-state index in [4.69, 9.17) is 16.2 Å². The van der Waals surface area contributed by atoms with Gasteiger partial charge in [0.05, 0.1) is 12.6 Å². The highest BCUT2D eigenvalue weighted by molar-refractivity contribution is 5.81. The van der Waals surface area contributed by atoms with Crippen molar-refractivity contribution in [1.82, 2.24) is 10.3 Å². The van der Waals surface area contributed by atoms with E-state index >= 15 is 0 Å². The summed E-state index contributed by atoms with van der Waals surface area (Å²) in [4.78, 5) is 38.8. The van der Waals surface area contributed by atoms with Gasteiger partial charge >= 0.3 is 5.97 Å². The molecule has 0 aromatic carbocycles. The minimum absolute atomic E-state index is 0.0937. The van der Waals surface area contributed by atoms with Crippen LogP contribution in [0.15, 0.2) is 4.99 Å². The predicted molar refractivity (Wildman–Crippen MR) is 94.4 cm³/mol. The number of likely N-dealkylation sites (tertiary alicyclic amines) is 1. The number of aliphatic imine (C=N–C) groups is 1. The quantitative estimate of drug-likeness (QED) is 0.120. The number of amides is 1. The van der Waals surface area contributed by atoms with Gasteiger partial charge in [-0.05, 0) is 38.0 Å². The van der Waals surface area contributed by atoms with E-state index in [9.17, 15) is 19.7 Å². The summed E-state index contributed by atoms with van der Waals surface area (Å²) in [5, 5.41) is 9.38. The standard InChI is InChI=1S/C15H28N6O5/c1-11(22)26-10-6-12-4-8-20(9-5-12)14(23)13(16)3-2-7-18-15(17)19-21(24)25/h12-13H,2-10,16H2,1H3,(H3,17,18,19)/t13-/m0/s1. The Morgan fingerprint density at radius 3 is 2.65 bits per heavy atom. The summed E-state index contributed by atoms with van der Waals surface area (Å²) in [6, 6.07) is -0.618. The second-order valence-corrected chi connectivity index (χ2v) is 6.28. The Balaban J connectivity index is 2.24. The normalized spacial score (nSPS) is 16.8. The number of hydrazine groups is 1. The largest absolute Gasteiger partial charge is 0.466 e. The molecule has 1 aliphatic rings. The van der Waals surface area contributed by atoms with E-state index in [1.807, 2.05) is 0 Å². The number of nitro groups is 1. The number of ether oxygens (including phenoxy) is 1. The molecule has 0 aromatic heterocycles. The van der Waals surface area contributed by atoms with E-state index in [0.717, 1.165) is 19.3 Å². The van der Waals surface area contributed by atoms with Crippen LogP contribution >= 0.6 is 0 Å². The van der Waals surface area contributed by atoms with Gasteiger partial charge in [-0.25, -0.2) is 15.1 Å². The fraction of sp³-hybridized carbons (Fsp3) is 0.800. The molecule has 26 heavy (non-hydrogen) atoms. The molecule has 0 spiro atoms. The van der Waals surface area contributed by atoms with Crippen molar-refractivity contribution in [2.75, 3.05) is 26.2 Å². The van der Waals surface area contributed by atoms with E-state index < -0.39 is 11.1 Å². The van der Waals surface area contributed by atoms with Crippen LogP contribution in [0.1, 0.15) is 39.0 Å². The Morgan fingerprint density at radius 2 is 2.08 bits per heavy atom. The van der Waals surface area contributed by atoms with Crippen molar-refractivity contribution >= 4 is 17.8 Å². The third-order valence-electron chi connectivity index (χ3n) is 4.24. The average molecular weight is 372 g/mol. The maximum atomic E-state index is 12.4. The molecule has 1 aliphatic heterocycles. The molecule has 1 amide bonds. The molecule has 5 N–H and O–H groups in total. The van der Waals surface area contributed by atoms with Gasteiger partial charge in [0.25, 0.3) is 5.96 Å². The van der Waals surface area contributed by atoms with Gasteiger partial charge in [-0.1, -0.05) is 5.43 Å². The van der Waals surface area contributed by atoms with Crippen LogP contribution in [-0.2, 0) is 14.3 Å². The van der Waals surface area contributed by atoms with Crippen LogP contribution in [0.3, 0.4) is 0 Å². The van der Waals surface area contributed by atoms with Gasteiger partial charge in [0.15, 0.2) is 5.03 Å². The summed E-state index contributed by atoms with van der Waals surface area (Å²) in [6.07, 6.45) is 3.48. The molecule has 0 bridgehead atoms. The molecule has 1 heterocycles. The fourth-order valence-corrected chi connectivity index (χ4v) is 2.81. The summed E-state index contributed by atoms with van der Waals surface area (Å²) < 4.78 is 4.95. The number of nitrogens with two attached hydrogens (primary N) is 2. The van der Waals surface area contributed by atoms with Crippen LogP contribution in [0.4, 0.5) is 0 Å². The van der Waals surface area contributed by atoms with E-state index in [0.29, 0.717) is 38.5 Å². The maximum absolute atomic E-state index is 12.4. The van der Waals surface area contributed by atoms with Crippen molar-refractivity contribution in [3.8, 4) is 0 Å². The van der Waals surface area contributed by atoms with Gasteiger partial charge in [-0.2, -0.15) is 0 Å². The number of rotatable bonds is 9. The first-order chi connectivity index (χ1) is 12.3. The maximum Gasteiger partial charge on any atom is 0.302 e. The number of hydrogen-bond donors (Lipinski definition) is 3. The van der Waals surface area contributed by atoms with Crippen LogP contribution in [0.2, 0.25) is 0 Å². The van der Waals surface area contributed by atoms with Crippen LogP contribution in [0, 0.1) is 16.0 Å². The Morgan fingerprint density at radius 1 is 1.42 bits per heavy atom. The first-order valence-corrected chi connectivity index (χ1v) is 8.68. The minimum atomic E-state index is -0.788. The Kier molecular flexibility index (Phi) is 9.34. The van der Waals surface area contributed by atoms with E-state index in [1.165, 1.54) is 6.92 Å². The van der Waals surface area contributed by atoms with Gasteiger partial charge in [0.2, 0.25) is 5.91 Å². The van der Waals surface area contributed by atoms with Crippen molar-refractivity contribution in [1.29, 1.82) is 0 Å². The summed E-state index contributed by atoms with van der Waals surface area (Å²) in [5.74, 6) is -0.195. The second kappa shape index (κ2) is 11.2. The number of nitrogens with one attached hydrogen (secondary N) is 1. The molecule has 0 unspecified atom stereocenters. The molecule has 1 atom stereocenters. The first-order valence-electron chi connectivity index (χ1n) is 8.68. The summed E-state index contributed by atoms with van der Waals surface area (Å²) >= 11 is 0. The lowest BCUT2D eigenvalue weighted by Gasteiger charge is -2.33. The highest BCUT2D eigenvalue weighted by atomic mass is 16.7. The van der Waals surface area contributed by atoms with Crippen LogP contribution in [0.25, 0.3) is 0 Å². The van der Waals surface area contributed by atoms with Crippen molar-refractivity contribution in [3.63, 3.8) is 0 Å². The fourth-order valence-electron chi connectivity index (χ4n) is 2.81. The van der Waals surface area contributed by atoms with Gasteiger partial charge in [0.1, 0.15) is 0 Å². The molecule has 0 saturated carbocycles. The average Bonchev–Trinajstić information content (AvgIpc) is 2.57. The number of guanidine groups is 1. The third-order valence-corrected chi connectivity index (χ3v) is 4.24. The third kappa shape index (κ3) is 8.60. The Bertz CT molecular complexity index is 519. The van der Waals surface area contributed by atoms with Crippen LogP contribution in [0.5, 0.6) is 0 Å². The molecule has 11 heteroatoms. The van der Waals surface area contributed by atoms with Crippen molar-refractivity contribution in [2.24, 2.45) is 22.4 Å². The lowest BCUT2D eigenvalue weighted by molar-refractivity contribution is -0.525. The molecule has 1 rings (SSSR count). The highest BCUT2D eigenvalue weighted by Gasteiger charge is 2.26. The second-order valence-electron chi connectivity index (χ2n) is 6.28. The SMILES string of the molecule is CC(=O)OCCC1CCN(C(=O)[C@@H](N)CCCN=C(N)N[N+](=O)[O-])CC1. The molecule has 1 saturated heterocycles. The molecule has 0 aromatic rings. The topological polar surface area (TPSA) is 166 Å². The van der Waals surface area contributed by atoms with Crippen molar-refractivity contribution in [3.05, 3.63) is 10.1 Å². The molecular formula is C15H28N6O5. The first kappa shape index (κ1) is 21.6. The minimum Gasteiger partial charge on any atom is -0.466 e. The van der Waals surface area contributed by atoms with Gasteiger partial charge in [0, 0.05) is 26.6 Å². The van der Waals surface area contributed by atoms with E-state index in [1.54, 1.807) is 10.3 Å². The zero-order valence-corrected chi connectivity index (χ0v) is 15.1. The number of nitrogens with zero attached hydrogens (tertiary/aromatic N) is 3. The van der Waals surface area contributed by atoms with Crippen molar-refractivity contribution < 1.29 is 19.4 Å². The number of carbonyl (C=O) groups excluding carboxylic acids is 2.